The van der Waals surface area contributed by atoms with Crippen LogP contribution in [0.1, 0.15) is 31.1 Å². The number of amides is 1. The minimum Gasteiger partial charge on any atom is -0.493 e. The first-order valence-electron chi connectivity index (χ1n) is 9.72. The number of carbonyl (C=O) groups excluding carboxylic acids is 3. The van der Waals surface area contributed by atoms with Crippen LogP contribution in [-0.4, -0.2) is 38.5 Å². The number of nitrogens with one attached hydrogen (secondary N) is 1. The zero-order chi connectivity index (χ0) is 24.8. The molecular weight excluding hydrogens is 472 g/mol. The number of ketones is 1. The minimum atomic E-state index is -1.21. The second-order valence-corrected chi connectivity index (χ2v) is 7.22. The summed E-state index contributed by atoms with van der Waals surface area (Å²) in [7, 11) is 2.72. The van der Waals surface area contributed by atoms with Crippen molar-refractivity contribution < 1.29 is 37.4 Å². The second kappa shape index (κ2) is 10.8. The highest BCUT2D eigenvalue weighted by atomic mass is 35.5. The maximum absolute atomic E-state index is 13.4. The Balaban J connectivity index is 1.86. The molecule has 3 aromatic carbocycles. The van der Waals surface area contributed by atoms with E-state index in [1.54, 1.807) is 12.1 Å². The number of esters is 1. The van der Waals surface area contributed by atoms with Gasteiger partial charge < -0.3 is 19.5 Å². The summed E-state index contributed by atoms with van der Waals surface area (Å²) in [5, 5.41) is 2.77. The van der Waals surface area contributed by atoms with E-state index in [0.717, 1.165) is 12.1 Å². The van der Waals surface area contributed by atoms with Gasteiger partial charge in [0.15, 0.2) is 35.5 Å². The highest BCUT2D eigenvalue weighted by molar-refractivity contribution is 6.34. The Bertz CT molecular complexity index is 1260. The Hall–Kier alpha value is -3.98. The molecule has 0 aromatic heterocycles. The van der Waals surface area contributed by atoms with Gasteiger partial charge in [0, 0.05) is 17.7 Å². The Morgan fingerprint density at radius 2 is 1.56 bits per heavy atom. The van der Waals surface area contributed by atoms with Crippen molar-refractivity contribution in [3.63, 3.8) is 0 Å². The molecule has 1 N–H and O–H groups in total. The van der Waals surface area contributed by atoms with Crippen molar-refractivity contribution >= 4 is 34.9 Å². The van der Waals surface area contributed by atoms with Gasteiger partial charge in [-0.2, -0.15) is 0 Å². The average molecular weight is 490 g/mol. The lowest BCUT2D eigenvalue weighted by Crippen LogP contribution is -2.19. The Morgan fingerprint density at radius 3 is 2.21 bits per heavy atom. The molecule has 10 heteroatoms. The molecule has 0 fully saturated rings. The number of hydrogen-bond donors (Lipinski definition) is 1. The van der Waals surface area contributed by atoms with Crippen LogP contribution in [0.4, 0.5) is 14.5 Å². The van der Waals surface area contributed by atoms with E-state index in [-0.39, 0.29) is 38.9 Å². The molecule has 1 amide bonds. The van der Waals surface area contributed by atoms with E-state index < -0.39 is 35.9 Å². The first-order valence-corrected chi connectivity index (χ1v) is 10.1. The normalized spacial score (nSPS) is 10.4. The standard InChI is InChI=1S/C24H18ClF2NO6/c1-32-21-10-15(24(31)34-12-20(29)13-7-8-17(26)18(27)9-13)19(11-22(21)33-2)28-23(30)14-5-3-4-6-16(14)25/h3-11H,12H2,1-2H3,(H,28,30). The summed E-state index contributed by atoms with van der Waals surface area (Å²) in [6, 6.07) is 11.5. The number of ether oxygens (including phenoxy) is 3. The van der Waals surface area contributed by atoms with E-state index in [9.17, 15) is 23.2 Å². The summed E-state index contributed by atoms with van der Waals surface area (Å²) >= 11 is 6.07. The van der Waals surface area contributed by atoms with Gasteiger partial charge in [0.2, 0.25) is 0 Å². The molecule has 0 spiro atoms. The van der Waals surface area contributed by atoms with E-state index in [4.69, 9.17) is 25.8 Å². The molecule has 0 aliphatic rings. The third-order valence-corrected chi connectivity index (χ3v) is 5.02. The van der Waals surface area contributed by atoms with E-state index in [1.165, 1.54) is 38.5 Å². The zero-order valence-electron chi connectivity index (χ0n) is 18.0. The summed E-state index contributed by atoms with van der Waals surface area (Å²) in [4.78, 5) is 37.8. The minimum absolute atomic E-state index is 0.00726. The number of anilines is 1. The molecule has 0 saturated heterocycles. The number of benzene rings is 3. The van der Waals surface area contributed by atoms with Crippen LogP contribution in [0.5, 0.6) is 11.5 Å². The molecule has 0 bridgehead atoms. The maximum atomic E-state index is 13.4. The van der Waals surface area contributed by atoms with Crippen LogP contribution in [0.2, 0.25) is 5.02 Å². The number of methoxy groups -OCH3 is 2. The van der Waals surface area contributed by atoms with Crippen molar-refractivity contribution in [2.24, 2.45) is 0 Å². The molecular formula is C24H18ClF2NO6. The lowest BCUT2D eigenvalue weighted by atomic mass is 10.1. The van der Waals surface area contributed by atoms with Gasteiger partial charge in [-0.05, 0) is 30.3 Å². The fraction of sp³-hybridized carbons (Fsp3) is 0.125. The Morgan fingerprint density at radius 1 is 0.882 bits per heavy atom. The first-order chi connectivity index (χ1) is 16.2. The van der Waals surface area contributed by atoms with Crippen LogP contribution in [0, 0.1) is 11.6 Å². The average Bonchev–Trinajstić information content (AvgIpc) is 2.83. The van der Waals surface area contributed by atoms with Crippen LogP contribution < -0.4 is 14.8 Å². The summed E-state index contributed by atoms with van der Waals surface area (Å²) in [5.41, 5.74) is -0.151. The lowest BCUT2D eigenvalue weighted by molar-refractivity contribution is 0.0475. The molecule has 0 saturated carbocycles. The Labute approximate surface area is 198 Å². The molecule has 0 heterocycles. The number of hydrogen-bond acceptors (Lipinski definition) is 6. The fourth-order valence-electron chi connectivity index (χ4n) is 2.95. The predicted octanol–water partition coefficient (Wildman–Crippen LogP) is 4.93. The molecule has 0 aliphatic heterocycles. The van der Waals surface area contributed by atoms with Crippen LogP contribution in [0.3, 0.4) is 0 Å². The topological polar surface area (TPSA) is 90.9 Å². The number of carbonyl (C=O) groups is 3. The number of Topliss-reactive ketones (excluding diaryl/α,β-unsaturated/α-hetero) is 1. The van der Waals surface area contributed by atoms with Gasteiger partial charge in [-0.25, -0.2) is 13.6 Å². The van der Waals surface area contributed by atoms with Gasteiger partial charge in [-0.3, -0.25) is 9.59 Å². The van der Waals surface area contributed by atoms with Gasteiger partial charge in [0.25, 0.3) is 5.91 Å². The van der Waals surface area contributed by atoms with E-state index in [2.05, 4.69) is 5.32 Å². The number of rotatable bonds is 8. The lowest BCUT2D eigenvalue weighted by Gasteiger charge is -2.15. The van der Waals surface area contributed by atoms with Gasteiger partial charge in [0.05, 0.1) is 36.1 Å². The van der Waals surface area contributed by atoms with Crippen molar-refractivity contribution in [3.05, 3.63) is 87.9 Å². The fourth-order valence-corrected chi connectivity index (χ4v) is 3.17. The molecule has 176 valence electrons. The van der Waals surface area contributed by atoms with Gasteiger partial charge in [0.1, 0.15) is 0 Å². The highest BCUT2D eigenvalue weighted by Crippen LogP contribution is 2.34. The van der Waals surface area contributed by atoms with Gasteiger partial charge in [-0.1, -0.05) is 23.7 Å². The third kappa shape index (κ3) is 5.49. The largest absolute Gasteiger partial charge is 0.493 e. The van der Waals surface area contributed by atoms with Crippen molar-refractivity contribution in [2.45, 2.75) is 0 Å². The third-order valence-electron chi connectivity index (χ3n) is 4.69. The van der Waals surface area contributed by atoms with Crippen LogP contribution >= 0.6 is 11.6 Å². The molecule has 0 radical (unpaired) electrons. The van der Waals surface area contributed by atoms with Gasteiger partial charge in [-0.15, -0.1) is 0 Å². The first kappa shape index (κ1) is 24.7. The molecule has 0 aliphatic carbocycles. The number of halogens is 3. The van der Waals surface area contributed by atoms with Crippen LogP contribution in [0.15, 0.2) is 54.6 Å². The molecule has 0 atom stereocenters. The summed E-state index contributed by atoms with van der Waals surface area (Å²) in [6.07, 6.45) is 0. The van der Waals surface area contributed by atoms with Crippen molar-refractivity contribution in [3.8, 4) is 11.5 Å². The molecule has 34 heavy (non-hydrogen) atoms. The van der Waals surface area contributed by atoms with Crippen molar-refractivity contribution in [2.75, 3.05) is 26.1 Å². The van der Waals surface area contributed by atoms with E-state index >= 15 is 0 Å². The molecule has 3 rings (SSSR count). The van der Waals surface area contributed by atoms with Crippen molar-refractivity contribution in [1.29, 1.82) is 0 Å². The second-order valence-electron chi connectivity index (χ2n) is 6.81. The zero-order valence-corrected chi connectivity index (χ0v) is 18.7. The van der Waals surface area contributed by atoms with Gasteiger partial charge >= 0.3 is 5.97 Å². The van der Waals surface area contributed by atoms with E-state index in [0.29, 0.717) is 6.07 Å². The summed E-state index contributed by atoms with van der Waals surface area (Å²) in [6.45, 7) is -0.754. The Kier molecular flexibility index (Phi) is 7.80. The van der Waals surface area contributed by atoms with Crippen LogP contribution in [0.25, 0.3) is 0 Å². The summed E-state index contributed by atoms with van der Waals surface area (Å²) in [5.74, 6) is -4.28. The molecule has 3 aromatic rings. The predicted molar refractivity (Wildman–Crippen MR) is 120 cm³/mol. The molecule has 7 nitrogen and oxygen atoms in total. The van der Waals surface area contributed by atoms with Crippen LogP contribution in [-0.2, 0) is 4.74 Å². The molecule has 0 unspecified atom stereocenters. The maximum Gasteiger partial charge on any atom is 0.340 e. The highest BCUT2D eigenvalue weighted by Gasteiger charge is 2.22. The quantitative estimate of drug-likeness (QED) is 0.356. The monoisotopic (exact) mass is 489 g/mol. The smallest absolute Gasteiger partial charge is 0.340 e. The van der Waals surface area contributed by atoms with Crippen molar-refractivity contribution in [1.82, 2.24) is 0 Å². The summed E-state index contributed by atoms with van der Waals surface area (Å²) < 4.78 is 42.0. The van der Waals surface area contributed by atoms with E-state index in [1.807, 2.05) is 0 Å². The SMILES string of the molecule is COc1cc(NC(=O)c2ccccc2Cl)c(C(=O)OCC(=O)c2ccc(F)c(F)c2)cc1OC.